The van der Waals surface area contributed by atoms with Gasteiger partial charge in [-0.05, 0) is 36.8 Å². The Morgan fingerprint density at radius 2 is 1.89 bits per heavy atom. The molecule has 19 heavy (non-hydrogen) atoms. The lowest BCUT2D eigenvalue weighted by atomic mass is 10.2. The molecule has 0 aliphatic carbocycles. The normalized spacial score (nSPS) is 12.3. The van der Waals surface area contributed by atoms with Crippen molar-refractivity contribution >= 4 is 28.2 Å². The summed E-state index contributed by atoms with van der Waals surface area (Å²) in [6, 6.07) is 15.8. The van der Waals surface area contributed by atoms with Gasteiger partial charge in [-0.25, -0.2) is 0 Å². The molecule has 2 nitrogen and oxygen atoms in total. The Bertz CT molecular complexity index is 570. The Morgan fingerprint density at radius 3 is 2.63 bits per heavy atom. The monoisotopic (exact) mass is 291 g/mol. The summed E-state index contributed by atoms with van der Waals surface area (Å²) < 4.78 is 12.2. The third-order valence-corrected chi connectivity index (χ3v) is 5.39. The van der Waals surface area contributed by atoms with E-state index in [1.165, 1.54) is 4.90 Å². The summed E-state index contributed by atoms with van der Waals surface area (Å²) in [6.45, 7) is 1.98. The molecule has 0 radical (unpaired) electrons. The summed E-state index contributed by atoms with van der Waals surface area (Å²) in [7, 11) is -1.02. The van der Waals surface area contributed by atoms with Crippen LogP contribution in [0.15, 0.2) is 58.3 Å². The third-order valence-electron chi connectivity index (χ3n) is 2.70. The lowest BCUT2D eigenvalue weighted by Crippen LogP contribution is -2.04. The zero-order valence-electron chi connectivity index (χ0n) is 10.8. The van der Waals surface area contributed by atoms with Crippen molar-refractivity contribution in [3.05, 3.63) is 54.1 Å². The fourth-order valence-corrected chi connectivity index (χ4v) is 4.09. The fourth-order valence-electron chi connectivity index (χ4n) is 1.70. The molecule has 1 atom stereocenters. The molecule has 2 aromatic rings. The molecule has 2 rings (SSSR count). The Kier molecular flexibility index (Phi) is 5.05. The van der Waals surface area contributed by atoms with Crippen LogP contribution in [0.4, 0.5) is 5.69 Å². The predicted molar refractivity (Wildman–Crippen MR) is 84.0 cm³/mol. The summed E-state index contributed by atoms with van der Waals surface area (Å²) in [5.41, 5.74) is 7.58. The van der Waals surface area contributed by atoms with Crippen LogP contribution in [0.2, 0.25) is 0 Å². The van der Waals surface area contributed by atoms with E-state index < -0.39 is 10.8 Å². The maximum Gasteiger partial charge on any atom is 0.0620 e. The number of nitrogens with two attached hydrogens (primary N) is 1. The third kappa shape index (κ3) is 4.11. The molecule has 0 aliphatic heterocycles. The molecule has 0 bridgehead atoms. The van der Waals surface area contributed by atoms with Crippen LogP contribution in [0.25, 0.3) is 0 Å². The van der Waals surface area contributed by atoms with Crippen molar-refractivity contribution in [3.63, 3.8) is 0 Å². The van der Waals surface area contributed by atoms with Gasteiger partial charge >= 0.3 is 0 Å². The van der Waals surface area contributed by atoms with E-state index in [2.05, 4.69) is 12.1 Å². The zero-order chi connectivity index (χ0) is 13.7. The molecule has 4 heteroatoms. The first-order valence-electron chi connectivity index (χ1n) is 6.09. The highest BCUT2D eigenvalue weighted by Crippen LogP contribution is 2.21. The Labute approximate surface area is 120 Å². The van der Waals surface area contributed by atoms with Gasteiger partial charge < -0.3 is 5.73 Å². The number of aryl methyl sites for hydroxylation is 1. The van der Waals surface area contributed by atoms with Gasteiger partial charge in [0.15, 0.2) is 0 Å². The highest BCUT2D eigenvalue weighted by molar-refractivity contribution is 8.00. The molecular weight excluding hydrogens is 274 g/mol. The lowest BCUT2D eigenvalue weighted by molar-refractivity contribution is 0.684. The minimum atomic E-state index is -1.02. The van der Waals surface area contributed by atoms with Crippen LogP contribution in [-0.2, 0) is 10.8 Å². The van der Waals surface area contributed by atoms with E-state index >= 15 is 0 Å². The molecule has 0 aromatic heterocycles. The van der Waals surface area contributed by atoms with Gasteiger partial charge in [-0.2, -0.15) is 0 Å². The van der Waals surface area contributed by atoms with Gasteiger partial charge in [-0.1, -0.05) is 24.3 Å². The molecule has 1 unspecified atom stereocenters. The molecule has 0 saturated heterocycles. The second-order valence-electron chi connectivity index (χ2n) is 4.25. The molecule has 100 valence electrons. The summed E-state index contributed by atoms with van der Waals surface area (Å²) in [4.78, 5) is 1.96. The number of nitrogen functional groups attached to an aromatic ring is 1. The second-order valence-corrected chi connectivity index (χ2v) is 6.96. The minimum absolute atomic E-state index is 0.618. The highest BCUT2D eigenvalue weighted by atomic mass is 32.2. The maximum atomic E-state index is 12.2. The van der Waals surface area contributed by atoms with Gasteiger partial charge in [-0.3, -0.25) is 4.21 Å². The molecule has 0 amide bonds. The van der Waals surface area contributed by atoms with Crippen molar-refractivity contribution in [1.82, 2.24) is 0 Å². The number of hydrogen-bond acceptors (Lipinski definition) is 3. The number of thioether (sulfide) groups is 1. The molecule has 0 spiro atoms. The van der Waals surface area contributed by atoms with E-state index in [4.69, 9.17) is 5.73 Å². The number of hydrogen-bond donors (Lipinski definition) is 1. The van der Waals surface area contributed by atoms with Crippen molar-refractivity contribution in [2.75, 3.05) is 17.2 Å². The second kappa shape index (κ2) is 6.78. The lowest BCUT2D eigenvalue weighted by Gasteiger charge is -2.07. The van der Waals surface area contributed by atoms with Crippen LogP contribution >= 0.6 is 11.8 Å². The van der Waals surface area contributed by atoms with E-state index in [1.807, 2.05) is 43.3 Å². The van der Waals surface area contributed by atoms with Gasteiger partial charge in [0.1, 0.15) is 0 Å². The van der Waals surface area contributed by atoms with E-state index in [-0.39, 0.29) is 0 Å². The first kappa shape index (κ1) is 14.2. The van der Waals surface area contributed by atoms with Gasteiger partial charge in [0.05, 0.1) is 15.7 Å². The zero-order valence-corrected chi connectivity index (χ0v) is 12.5. The first-order chi connectivity index (χ1) is 9.16. The quantitative estimate of drug-likeness (QED) is 0.677. The average molecular weight is 291 g/mol. The van der Waals surface area contributed by atoms with Crippen LogP contribution in [0, 0.1) is 6.92 Å². The van der Waals surface area contributed by atoms with Gasteiger partial charge in [-0.15, -0.1) is 11.8 Å². The average Bonchev–Trinajstić information content (AvgIpc) is 2.42. The Balaban J connectivity index is 1.93. The summed E-state index contributed by atoms with van der Waals surface area (Å²) in [5.74, 6) is 1.44. The summed E-state index contributed by atoms with van der Waals surface area (Å²) in [5, 5.41) is 0. The summed E-state index contributed by atoms with van der Waals surface area (Å²) in [6.07, 6.45) is 0. The molecule has 0 fully saturated rings. The number of anilines is 1. The summed E-state index contributed by atoms with van der Waals surface area (Å²) >= 11 is 1.72. The highest BCUT2D eigenvalue weighted by Gasteiger charge is 2.08. The largest absolute Gasteiger partial charge is 0.398 e. The molecule has 2 N–H and O–H groups in total. The molecular formula is C15H17NOS2. The van der Waals surface area contributed by atoms with Crippen molar-refractivity contribution in [2.24, 2.45) is 0 Å². The van der Waals surface area contributed by atoms with E-state index in [1.54, 1.807) is 11.8 Å². The smallest absolute Gasteiger partial charge is 0.0620 e. The maximum absolute atomic E-state index is 12.2. The Hall–Kier alpha value is -1.26. The van der Waals surface area contributed by atoms with Crippen LogP contribution in [-0.4, -0.2) is 15.7 Å². The predicted octanol–water partition coefficient (Wildman–Crippen LogP) is 3.48. The van der Waals surface area contributed by atoms with Crippen LogP contribution < -0.4 is 5.73 Å². The van der Waals surface area contributed by atoms with Gasteiger partial charge in [0.2, 0.25) is 0 Å². The molecule has 2 aromatic carbocycles. The van der Waals surface area contributed by atoms with Crippen molar-refractivity contribution < 1.29 is 4.21 Å². The van der Waals surface area contributed by atoms with Crippen molar-refractivity contribution in [2.45, 2.75) is 16.7 Å². The first-order valence-corrected chi connectivity index (χ1v) is 8.39. The minimum Gasteiger partial charge on any atom is -0.398 e. The van der Waals surface area contributed by atoms with E-state index in [0.29, 0.717) is 11.4 Å². The van der Waals surface area contributed by atoms with E-state index in [9.17, 15) is 4.21 Å². The van der Waals surface area contributed by atoms with Gasteiger partial charge in [0, 0.05) is 22.1 Å². The van der Waals surface area contributed by atoms with Crippen LogP contribution in [0.5, 0.6) is 0 Å². The number of benzene rings is 2. The molecule has 0 saturated carbocycles. The molecule has 0 heterocycles. The van der Waals surface area contributed by atoms with Crippen LogP contribution in [0.3, 0.4) is 0 Å². The van der Waals surface area contributed by atoms with Crippen molar-refractivity contribution in [1.29, 1.82) is 0 Å². The van der Waals surface area contributed by atoms with E-state index in [0.717, 1.165) is 16.2 Å². The van der Waals surface area contributed by atoms with Crippen molar-refractivity contribution in [3.8, 4) is 0 Å². The fraction of sp³-hybridized carbons (Fsp3) is 0.200. The molecule has 0 aliphatic rings. The SMILES string of the molecule is Cc1ccc(N)c(S(=O)CCSc2ccccc2)c1. The van der Waals surface area contributed by atoms with Crippen LogP contribution in [0.1, 0.15) is 5.56 Å². The topological polar surface area (TPSA) is 43.1 Å². The van der Waals surface area contributed by atoms with Gasteiger partial charge in [0.25, 0.3) is 0 Å². The number of rotatable bonds is 5. The standard InChI is InChI=1S/C15H17NOS2/c1-12-7-8-14(16)15(11-12)19(17)10-9-18-13-5-3-2-4-6-13/h2-8,11H,9-10,16H2,1H3. The Morgan fingerprint density at radius 1 is 1.16 bits per heavy atom.